The van der Waals surface area contributed by atoms with Crippen LogP contribution in [0.25, 0.3) is 22.6 Å². The molecule has 152 valence electrons. The van der Waals surface area contributed by atoms with Crippen LogP contribution < -0.4 is 5.32 Å². The van der Waals surface area contributed by atoms with E-state index >= 15 is 0 Å². The molecule has 4 heteroatoms. The quantitative estimate of drug-likeness (QED) is 0.503. The van der Waals surface area contributed by atoms with Crippen molar-refractivity contribution >= 4 is 28.5 Å². The third-order valence-electron chi connectivity index (χ3n) is 5.70. The minimum Gasteiger partial charge on any atom is -0.352 e. The summed E-state index contributed by atoms with van der Waals surface area (Å²) in [6.07, 6.45) is 6.39. The first-order valence-corrected chi connectivity index (χ1v) is 10.7. The van der Waals surface area contributed by atoms with E-state index in [0.29, 0.717) is 13.0 Å². The van der Waals surface area contributed by atoms with Gasteiger partial charge in [-0.05, 0) is 53.8 Å². The first-order chi connectivity index (χ1) is 15.3. The molecule has 0 spiro atoms. The van der Waals surface area contributed by atoms with E-state index in [1.54, 1.807) is 6.20 Å². The summed E-state index contributed by atoms with van der Waals surface area (Å²) in [5, 5.41) is 4.02. The van der Waals surface area contributed by atoms with Crippen LogP contribution in [0, 0.1) is 0 Å². The lowest BCUT2D eigenvalue weighted by atomic mass is 10.00. The molecule has 0 saturated carbocycles. The number of hydrogen-bond acceptors (Lipinski definition) is 3. The maximum Gasteiger partial charge on any atom is 0.252 e. The van der Waals surface area contributed by atoms with Crippen LogP contribution in [0.5, 0.6) is 0 Å². The summed E-state index contributed by atoms with van der Waals surface area (Å²) < 4.78 is 0. The summed E-state index contributed by atoms with van der Waals surface area (Å²) in [6.45, 7) is 0.550. The highest BCUT2D eigenvalue weighted by molar-refractivity contribution is 6.09. The van der Waals surface area contributed by atoms with E-state index in [9.17, 15) is 4.79 Å². The molecule has 4 aromatic rings. The molecule has 2 aromatic heterocycles. The molecule has 2 heterocycles. The molecule has 2 aromatic carbocycles. The van der Waals surface area contributed by atoms with E-state index in [-0.39, 0.29) is 5.91 Å². The Morgan fingerprint density at radius 2 is 1.74 bits per heavy atom. The first kappa shape index (κ1) is 19.2. The minimum atomic E-state index is -0.0354. The van der Waals surface area contributed by atoms with Crippen molar-refractivity contribution in [3.63, 3.8) is 0 Å². The maximum absolute atomic E-state index is 13.3. The fourth-order valence-corrected chi connectivity index (χ4v) is 4.23. The number of nitrogens with zero attached hydrogens (tertiary/aromatic N) is 2. The number of amides is 1. The molecule has 5 rings (SSSR count). The zero-order chi connectivity index (χ0) is 21.0. The summed E-state index contributed by atoms with van der Waals surface area (Å²) in [6, 6.07) is 24.0. The molecular formula is C27H23N3O. The SMILES string of the molecule is O=C(NCCc1ccccn1)c1c2c(nc3ccccc13)/C(=C/c1ccccc1)CC2. The lowest BCUT2D eigenvalue weighted by molar-refractivity contribution is 0.0955. The van der Waals surface area contributed by atoms with Crippen LogP contribution in [0.2, 0.25) is 0 Å². The summed E-state index contributed by atoms with van der Waals surface area (Å²) in [5.74, 6) is -0.0354. The molecule has 1 N–H and O–H groups in total. The molecule has 0 bridgehead atoms. The molecule has 0 fully saturated rings. The van der Waals surface area contributed by atoms with E-state index < -0.39 is 0 Å². The van der Waals surface area contributed by atoms with Gasteiger partial charge in [-0.3, -0.25) is 9.78 Å². The summed E-state index contributed by atoms with van der Waals surface area (Å²) >= 11 is 0. The number of rotatable bonds is 5. The fourth-order valence-electron chi connectivity index (χ4n) is 4.23. The van der Waals surface area contributed by atoms with Gasteiger partial charge in [-0.25, -0.2) is 4.98 Å². The van der Waals surface area contributed by atoms with Crippen molar-refractivity contribution in [1.29, 1.82) is 0 Å². The molecule has 1 aliphatic carbocycles. The van der Waals surface area contributed by atoms with Crippen molar-refractivity contribution in [3.05, 3.63) is 107 Å². The van der Waals surface area contributed by atoms with Gasteiger partial charge in [0.2, 0.25) is 0 Å². The molecule has 31 heavy (non-hydrogen) atoms. The zero-order valence-corrected chi connectivity index (χ0v) is 17.2. The second-order valence-corrected chi connectivity index (χ2v) is 7.74. The number of fused-ring (bicyclic) bond motifs is 2. The average molecular weight is 406 g/mol. The Labute approximate surface area is 181 Å². The largest absolute Gasteiger partial charge is 0.352 e. The highest BCUT2D eigenvalue weighted by Crippen LogP contribution is 2.37. The van der Waals surface area contributed by atoms with Crippen molar-refractivity contribution in [1.82, 2.24) is 15.3 Å². The first-order valence-electron chi connectivity index (χ1n) is 10.7. The number of carbonyl (C=O) groups excluding carboxylic acids is 1. The van der Waals surface area contributed by atoms with Crippen LogP contribution >= 0.6 is 0 Å². The molecule has 0 unspecified atom stereocenters. The maximum atomic E-state index is 13.3. The lowest BCUT2D eigenvalue weighted by Crippen LogP contribution is -2.27. The van der Waals surface area contributed by atoms with Crippen molar-refractivity contribution < 1.29 is 4.79 Å². The van der Waals surface area contributed by atoms with Gasteiger partial charge in [0.05, 0.1) is 16.8 Å². The minimum absolute atomic E-state index is 0.0354. The van der Waals surface area contributed by atoms with Crippen LogP contribution in [0.15, 0.2) is 79.0 Å². The highest BCUT2D eigenvalue weighted by atomic mass is 16.1. The summed E-state index contributed by atoms with van der Waals surface area (Å²) in [4.78, 5) is 22.6. The van der Waals surface area contributed by atoms with Crippen LogP contribution in [-0.4, -0.2) is 22.4 Å². The van der Waals surface area contributed by atoms with Gasteiger partial charge in [0, 0.05) is 30.2 Å². The topological polar surface area (TPSA) is 54.9 Å². The van der Waals surface area contributed by atoms with Crippen LogP contribution in [-0.2, 0) is 12.8 Å². The van der Waals surface area contributed by atoms with Gasteiger partial charge in [0.15, 0.2) is 0 Å². The Bertz CT molecular complexity index is 1260. The smallest absolute Gasteiger partial charge is 0.252 e. The average Bonchev–Trinajstić information content (AvgIpc) is 3.20. The number of carbonyl (C=O) groups is 1. The Hall–Kier alpha value is -3.79. The number of para-hydroxylation sites is 1. The van der Waals surface area contributed by atoms with Crippen molar-refractivity contribution in [2.45, 2.75) is 19.3 Å². The van der Waals surface area contributed by atoms with Crippen molar-refractivity contribution in [2.75, 3.05) is 6.54 Å². The van der Waals surface area contributed by atoms with Gasteiger partial charge >= 0.3 is 0 Å². The normalized spacial score (nSPS) is 14.0. The fraction of sp³-hybridized carbons (Fsp3) is 0.148. The number of pyridine rings is 2. The second kappa shape index (κ2) is 8.52. The molecular weight excluding hydrogens is 382 g/mol. The van der Waals surface area contributed by atoms with Gasteiger partial charge < -0.3 is 5.32 Å². The van der Waals surface area contributed by atoms with Gasteiger partial charge in [-0.15, -0.1) is 0 Å². The Kier molecular flexibility index (Phi) is 5.28. The second-order valence-electron chi connectivity index (χ2n) is 7.74. The molecule has 4 nitrogen and oxygen atoms in total. The van der Waals surface area contributed by atoms with Crippen LogP contribution in [0.4, 0.5) is 0 Å². The monoisotopic (exact) mass is 405 g/mol. The van der Waals surface area contributed by atoms with Gasteiger partial charge in [0.25, 0.3) is 5.91 Å². The van der Waals surface area contributed by atoms with Gasteiger partial charge in [0.1, 0.15) is 0 Å². The Balaban J connectivity index is 1.49. The van der Waals surface area contributed by atoms with E-state index in [0.717, 1.165) is 51.8 Å². The van der Waals surface area contributed by atoms with Gasteiger partial charge in [-0.2, -0.15) is 0 Å². The van der Waals surface area contributed by atoms with E-state index in [1.807, 2.05) is 60.7 Å². The zero-order valence-electron chi connectivity index (χ0n) is 17.2. The number of benzene rings is 2. The lowest BCUT2D eigenvalue weighted by Gasteiger charge is -2.13. The van der Waals surface area contributed by atoms with Crippen molar-refractivity contribution in [3.8, 4) is 0 Å². The van der Waals surface area contributed by atoms with Crippen LogP contribution in [0.1, 0.15) is 39.3 Å². The Morgan fingerprint density at radius 1 is 0.935 bits per heavy atom. The number of hydrogen-bond donors (Lipinski definition) is 1. The van der Waals surface area contributed by atoms with Crippen molar-refractivity contribution in [2.24, 2.45) is 0 Å². The highest BCUT2D eigenvalue weighted by Gasteiger charge is 2.26. The third-order valence-corrected chi connectivity index (χ3v) is 5.70. The molecule has 1 amide bonds. The third kappa shape index (κ3) is 3.97. The molecule has 1 aliphatic rings. The molecule has 0 saturated heterocycles. The number of aromatic nitrogens is 2. The molecule has 0 aliphatic heterocycles. The molecule has 0 atom stereocenters. The van der Waals surface area contributed by atoms with Gasteiger partial charge in [-0.1, -0.05) is 54.6 Å². The predicted octanol–water partition coefficient (Wildman–Crippen LogP) is 5.09. The predicted molar refractivity (Wildman–Crippen MR) is 125 cm³/mol. The number of allylic oxidation sites excluding steroid dienone is 1. The Morgan fingerprint density at radius 3 is 2.58 bits per heavy atom. The summed E-state index contributed by atoms with van der Waals surface area (Å²) in [7, 11) is 0. The van der Waals surface area contributed by atoms with E-state index in [2.05, 4.69) is 28.5 Å². The van der Waals surface area contributed by atoms with E-state index in [1.165, 1.54) is 5.57 Å². The molecule has 0 radical (unpaired) electrons. The summed E-state index contributed by atoms with van der Waals surface area (Å²) in [5.41, 5.74) is 6.94. The number of nitrogens with one attached hydrogen (secondary N) is 1. The van der Waals surface area contributed by atoms with Crippen LogP contribution in [0.3, 0.4) is 0 Å². The van der Waals surface area contributed by atoms with E-state index in [4.69, 9.17) is 4.98 Å². The standard InChI is InChI=1S/C27H23N3O/c31-27(29-17-15-21-10-6-7-16-28-21)25-22-11-4-5-12-24(22)30-26-20(13-14-23(25)26)18-19-8-2-1-3-9-19/h1-12,16,18H,13-15,17H2,(H,29,31)/b20-18+.